The Morgan fingerprint density at radius 3 is 2.75 bits per heavy atom. The van der Waals surface area contributed by atoms with E-state index in [-0.39, 0.29) is 19.1 Å². The zero-order valence-corrected chi connectivity index (χ0v) is 16.5. The number of rotatable bonds is 6. The molecule has 4 rings (SSSR count). The van der Waals surface area contributed by atoms with Gasteiger partial charge >= 0.3 is 0 Å². The number of carbonyl (C=O) groups excluding carboxylic acids is 1. The normalized spacial score (nSPS) is 12.1. The molecule has 0 spiro atoms. The van der Waals surface area contributed by atoms with Crippen molar-refractivity contribution in [3.05, 3.63) is 59.1 Å². The fourth-order valence-corrected chi connectivity index (χ4v) is 3.77. The molecule has 1 aromatic heterocycles. The van der Waals surface area contributed by atoms with Gasteiger partial charge in [0, 0.05) is 24.5 Å². The van der Waals surface area contributed by atoms with Crippen LogP contribution in [0.4, 0.5) is 0 Å². The predicted molar refractivity (Wildman–Crippen MR) is 107 cm³/mol. The second-order valence-electron chi connectivity index (χ2n) is 6.49. The number of carbonyl (C=O) groups is 1. The summed E-state index contributed by atoms with van der Waals surface area (Å²) in [6, 6.07) is 13.5. The lowest BCUT2D eigenvalue weighted by molar-refractivity contribution is -0.129. The average molecular weight is 396 g/mol. The highest BCUT2D eigenvalue weighted by atomic mass is 32.1. The Kier molecular flexibility index (Phi) is 5.16. The van der Waals surface area contributed by atoms with E-state index in [1.54, 1.807) is 19.1 Å². The highest BCUT2D eigenvalue weighted by molar-refractivity contribution is 7.13. The Balaban J connectivity index is 1.38. The minimum absolute atomic E-state index is 0.0178. The highest BCUT2D eigenvalue weighted by Gasteiger charge is 2.16. The van der Waals surface area contributed by atoms with Gasteiger partial charge in [-0.1, -0.05) is 6.07 Å². The van der Waals surface area contributed by atoms with Gasteiger partial charge in [-0.2, -0.15) is 0 Å². The summed E-state index contributed by atoms with van der Waals surface area (Å²) in [4.78, 5) is 18.9. The van der Waals surface area contributed by atoms with E-state index in [9.17, 15) is 4.79 Å². The minimum atomic E-state index is 0.0178. The molecule has 0 saturated heterocycles. The van der Waals surface area contributed by atoms with Crippen LogP contribution < -0.4 is 14.2 Å². The summed E-state index contributed by atoms with van der Waals surface area (Å²) in [6.07, 6.45) is 0.272. The average Bonchev–Trinajstić information content (AvgIpc) is 3.37. The van der Waals surface area contributed by atoms with Crippen LogP contribution in [0.2, 0.25) is 0 Å². The van der Waals surface area contributed by atoms with Gasteiger partial charge in [-0.15, -0.1) is 11.3 Å². The fourth-order valence-electron chi connectivity index (χ4n) is 2.95. The number of benzene rings is 2. The highest BCUT2D eigenvalue weighted by Crippen LogP contribution is 2.32. The lowest BCUT2D eigenvalue weighted by atomic mass is 10.2. The van der Waals surface area contributed by atoms with Crippen molar-refractivity contribution in [2.45, 2.75) is 13.0 Å². The van der Waals surface area contributed by atoms with Crippen LogP contribution in [-0.2, 0) is 17.8 Å². The summed E-state index contributed by atoms with van der Waals surface area (Å²) in [5.74, 6) is 2.29. The summed E-state index contributed by atoms with van der Waals surface area (Å²) in [5.41, 5.74) is 2.79. The molecule has 1 aliphatic heterocycles. The van der Waals surface area contributed by atoms with Crippen molar-refractivity contribution < 1.29 is 19.0 Å². The summed E-state index contributed by atoms with van der Waals surface area (Å²) in [6.45, 7) is 0.749. The molecule has 2 heterocycles. The Morgan fingerprint density at radius 2 is 1.96 bits per heavy atom. The second kappa shape index (κ2) is 7.90. The standard InChI is InChI=1S/C21H20N2O4S/c1-23(11-14-3-8-18-19(9-14)27-13-26-18)20(24)10-16-12-28-21(22-16)15-4-6-17(25-2)7-5-15/h3-9,12H,10-11,13H2,1-2H3. The van der Waals surface area contributed by atoms with Gasteiger partial charge in [-0.05, 0) is 42.0 Å². The summed E-state index contributed by atoms with van der Waals surface area (Å²) in [5, 5.41) is 2.83. The molecule has 0 aliphatic carbocycles. The van der Waals surface area contributed by atoms with E-state index in [4.69, 9.17) is 14.2 Å². The van der Waals surface area contributed by atoms with Gasteiger partial charge in [0.15, 0.2) is 11.5 Å². The zero-order valence-electron chi connectivity index (χ0n) is 15.7. The number of ether oxygens (including phenoxy) is 3. The van der Waals surface area contributed by atoms with Crippen LogP contribution in [0, 0.1) is 0 Å². The van der Waals surface area contributed by atoms with Crippen LogP contribution >= 0.6 is 11.3 Å². The van der Waals surface area contributed by atoms with Gasteiger partial charge in [0.05, 0.1) is 19.2 Å². The molecule has 1 amide bonds. The molecule has 28 heavy (non-hydrogen) atoms. The van der Waals surface area contributed by atoms with Crippen molar-refractivity contribution in [3.63, 3.8) is 0 Å². The number of hydrogen-bond donors (Lipinski definition) is 0. The summed E-state index contributed by atoms with van der Waals surface area (Å²) in [7, 11) is 3.44. The Labute approximate surface area is 167 Å². The van der Waals surface area contributed by atoms with Gasteiger partial charge in [0.1, 0.15) is 10.8 Å². The lowest BCUT2D eigenvalue weighted by Gasteiger charge is -2.17. The molecule has 0 atom stereocenters. The molecule has 2 aromatic carbocycles. The predicted octanol–water partition coefficient (Wildman–Crippen LogP) is 3.75. The Bertz CT molecular complexity index is 984. The van der Waals surface area contributed by atoms with E-state index < -0.39 is 0 Å². The molecule has 0 unspecified atom stereocenters. The third kappa shape index (κ3) is 3.94. The molecule has 3 aromatic rings. The molecule has 0 saturated carbocycles. The number of likely N-dealkylation sites (N-methyl/N-ethyl adjacent to an activating group) is 1. The Morgan fingerprint density at radius 1 is 1.18 bits per heavy atom. The quantitative estimate of drug-likeness (QED) is 0.635. The summed E-state index contributed by atoms with van der Waals surface area (Å²) < 4.78 is 15.9. The molecule has 144 valence electrons. The number of hydrogen-bond acceptors (Lipinski definition) is 6. The van der Waals surface area contributed by atoms with E-state index >= 15 is 0 Å². The number of fused-ring (bicyclic) bond motifs is 1. The number of methoxy groups -OCH3 is 1. The first kappa shape index (κ1) is 18.3. The first-order valence-corrected chi connectivity index (χ1v) is 9.71. The van der Waals surface area contributed by atoms with Gasteiger partial charge in [-0.3, -0.25) is 4.79 Å². The van der Waals surface area contributed by atoms with Gasteiger partial charge in [0.2, 0.25) is 12.7 Å². The smallest absolute Gasteiger partial charge is 0.231 e. The van der Waals surface area contributed by atoms with Crippen molar-refractivity contribution in [1.82, 2.24) is 9.88 Å². The largest absolute Gasteiger partial charge is 0.497 e. The molecule has 7 heteroatoms. The molecule has 0 fully saturated rings. The number of thiazole rings is 1. The lowest BCUT2D eigenvalue weighted by Crippen LogP contribution is -2.27. The van der Waals surface area contributed by atoms with Crippen LogP contribution in [0.3, 0.4) is 0 Å². The SMILES string of the molecule is COc1ccc(-c2nc(CC(=O)N(C)Cc3ccc4c(c3)OCO4)cs2)cc1. The Hall–Kier alpha value is -3.06. The van der Waals surface area contributed by atoms with Crippen LogP contribution in [-0.4, -0.2) is 36.7 Å². The van der Waals surface area contributed by atoms with E-state index in [0.29, 0.717) is 6.54 Å². The maximum absolute atomic E-state index is 12.6. The first-order valence-electron chi connectivity index (χ1n) is 8.83. The monoisotopic (exact) mass is 396 g/mol. The maximum atomic E-state index is 12.6. The van der Waals surface area contributed by atoms with Gasteiger partial charge < -0.3 is 19.1 Å². The molecular weight excluding hydrogens is 376 g/mol. The number of nitrogens with zero attached hydrogens (tertiary/aromatic N) is 2. The van der Waals surface area contributed by atoms with Crippen molar-refractivity contribution in [2.75, 3.05) is 21.0 Å². The van der Waals surface area contributed by atoms with E-state index in [2.05, 4.69) is 4.98 Å². The first-order chi connectivity index (χ1) is 13.6. The third-order valence-corrected chi connectivity index (χ3v) is 5.44. The molecule has 0 bridgehead atoms. The van der Waals surface area contributed by atoms with Crippen molar-refractivity contribution in [3.8, 4) is 27.8 Å². The zero-order chi connectivity index (χ0) is 19.5. The van der Waals surface area contributed by atoms with Crippen LogP contribution in [0.1, 0.15) is 11.3 Å². The van der Waals surface area contributed by atoms with Crippen molar-refractivity contribution >= 4 is 17.2 Å². The van der Waals surface area contributed by atoms with Crippen LogP contribution in [0.15, 0.2) is 47.8 Å². The van der Waals surface area contributed by atoms with E-state index in [1.165, 1.54) is 11.3 Å². The number of aromatic nitrogens is 1. The molecule has 0 N–H and O–H groups in total. The van der Waals surface area contributed by atoms with Crippen molar-refractivity contribution in [1.29, 1.82) is 0 Å². The number of amides is 1. The minimum Gasteiger partial charge on any atom is -0.497 e. The van der Waals surface area contributed by atoms with Crippen molar-refractivity contribution in [2.24, 2.45) is 0 Å². The fraction of sp³-hybridized carbons (Fsp3) is 0.238. The topological polar surface area (TPSA) is 60.9 Å². The van der Waals surface area contributed by atoms with Crippen LogP contribution in [0.25, 0.3) is 10.6 Å². The molecule has 6 nitrogen and oxygen atoms in total. The van der Waals surface area contributed by atoms with Gasteiger partial charge in [0.25, 0.3) is 0 Å². The van der Waals surface area contributed by atoms with Crippen LogP contribution in [0.5, 0.6) is 17.2 Å². The molecular formula is C21H20N2O4S. The van der Waals surface area contributed by atoms with Gasteiger partial charge in [-0.25, -0.2) is 4.98 Å². The summed E-state index contributed by atoms with van der Waals surface area (Å²) >= 11 is 1.53. The third-order valence-electron chi connectivity index (χ3n) is 4.50. The maximum Gasteiger partial charge on any atom is 0.231 e. The molecule has 1 aliphatic rings. The molecule has 0 radical (unpaired) electrons. The van der Waals surface area contributed by atoms with E-state index in [1.807, 2.05) is 47.8 Å². The van der Waals surface area contributed by atoms with E-state index in [0.717, 1.165) is 39.1 Å². The second-order valence-corrected chi connectivity index (χ2v) is 7.34.